The van der Waals surface area contributed by atoms with Crippen molar-refractivity contribution in [1.82, 2.24) is 0 Å². The summed E-state index contributed by atoms with van der Waals surface area (Å²) in [5.41, 5.74) is 5.97. The Morgan fingerprint density at radius 2 is 2.00 bits per heavy atom. The van der Waals surface area contributed by atoms with Crippen LogP contribution in [0.5, 0.6) is 0 Å². The van der Waals surface area contributed by atoms with E-state index in [-0.39, 0.29) is 0 Å². The molecule has 0 atom stereocenters. The summed E-state index contributed by atoms with van der Waals surface area (Å²) in [6.45, 7) is 0. The maximum Gasteiger partial charge on any atom is 0.139 e. The van der Waals surface area contributed by atoms with Crippen LogP contribution < -0.4 is 5.73 Å². The Hall–Kier alpha value is -0.380. The van der Waals surface area contributed by atoms with Gasteiger partial charge in [0, 0.05) is 11.7 Å². The lowest BCUT2D eigenvalue weighted by molar-refractivity contribution is 0.315. The van der Waals surface area contributed by atoms with Gasteiger partial charge in [-0.3, -0.25) is 0 Å². The molecule has 0 radical (unpaired) electrons. The van der Waals surface area contributed by atoms with Crippen LogP contribution in [0.2, 0.25) is 0 Å². The average molecular weight is 242 g/mol. The van der Waals surface area contributed by atoms with Gasteiger partial charge in [-0.25, -0.2) is 0 Å². The van der Waals surface area contributed by atoms with Gasteiger partial charge >= 0.3 is 0 Å². The van der Waals surface area contributed by atoms with Crippen molar-refractivity contribution in [2.24, 2.45) is 16.3 Å². The molecule has 0 aliphatic heterocycles. The molecule has 0 unspecified atom stereocenters. The number of rotatable bonds is 5. The molecule has 16 heavy (non-hydrogen) atoms. The molecular weight excluding hydrogens is 220 g/mol. The van der Waals surface area contributed by atoms with E-state index in [1.165, 1.54) is 50.7 Å². The summed E-state index contributed by atoms with van der Waals surface area (Å²) in [7, 11) is 0. The van der Waals surface area contributed by atoms with Crippen LogP contribution >= 0.6 is 11.8 Å². The summed E-state index contributed by atoms with van der Waals surface area (Å²) in [5, 5.41) is 12.6. The van der Waals surface area contributed by atoms with Crippen LogP contribution in [-0.4, -0.2) is 22.0 Å². The molecule has 0 bridgehead atoms. The second-order valence-electron chi connectivity index (χ2n) is 5.34. The second-order valence-corrected chi connectivity index (χ2v) is 6.63. The van der Waals surface area contributed by atoms with E-state index in [4.69, 9.17) is 10.9 Å². The van der Waals surface area contributed by atoms with Crippen molar-refractivity contribution in [1.29, 1.82) is 0 Å². The van der Waals surface area contributed by atoms with E-state index in [9.17, 15) is 0 Å². The number of hydrogen-bond donors (Lipinski definition) is 2. The van der Waals surface area contributed by atoms with Gasteiger partial charge in [-0.15, -0.1) is 0 Å². The minimum absolute atomic E-state index is 0.373. The molecule has 3 N–H and O–H groups in total. The van der Waals surface area contributed by atoms with Gasteiger partial charge in [-0.1, -0.05) is 24.4 Å². The molecule has 0 spiro atoms. The first-order valence-corrected chi connectivity index (χ1v) is 7.37. The maximum absolute atomic E-state index is 8.60. The fourth-order valence-electron chi connectivity index (χ4n) is 2.49. The van der Waals surface area contributed by atoms with Crippen molar-refractivity contribution in [3.63, 3.8) is 0 Å². The van der Waals surface area contributed by atoms with Gasteiger partial charge in [0.1, 0.15) is 5.84 Å². The highest BCUT2D eigenvalue weighted by molar-refractivity contribution is 7.99. The lowest BCUT2D eigenvalue weighted by atomic mass is 10.0. The molecular formula is C12H22N2OS. The van der Waals surface area contributed by atoms with Crippen LogP contribution in [0.1, 0.15) is 51.4 Å². The molecule has 0 amide bonds. The first-order valence-electron chi connectivity index (χ1n) is 6.32. The molecule has 2 aliphatic carbocycles. The Morgan fingerprint density at radius 1 is 1.31 bits per heavy atom. The molecule has 2 rings (SSSR count). The first kappa shape index (κ1) is 12.1. The van der Waals surface area contributed by atoms with Crippen molar-refractivity contribution in [3.8, 4) is 0 Å². The Balaban J connectivity index is 1.72. The molecule has 3 nitrogen and oxygen atoms in total. The summed E-state index contributed by atoms with van der Waals surface area (Å²) in [4.78, 5) is 0. The average Bonchev–Trinajstić information content (AvgIpc) is 3.08. The van der Waals surface area contributed by atoms with Gasteiger partial charge in [-0.05, 0) is 36.9 Å². The highest BCUT2D eigenvalue weighted by Crippen LogP contribution is 2.52. The third kappa shape index (κ3) is 3.30. The van der Waals surface area contributed by atoms with Crippen molar-refractivity contribution >= 4 is 17.6 Å². The first-order chi connectivity index (χ1) is 7.74. The number of nitrogens with two attached hydrogens (primary N) is 1. The van der Waals surface area contributed by atoms with Gasteiger partial charge in [0.15, 0.2) is 0 Å². The summed E-state index contributed by atoms with van der Waals surface area (Å²) in [6, 6.07) is 0. The van der Waals surface area contributed by atoms with Gasteiger partial charge in [0.05, 0.1) is 0 Å². The largest absolute Gasteiger partial charge is 0.409 e. The Kier molecular flexibility index (Phi) is 4.00. The lowest BCUT2D eigenvalue weighted by Crippen LogP contribution is -2.20. The zero-order valence-electron chi connectivity index (χ0n) is 9.82. The van der Waals surface area contributed by atoms with Gasteiger partial charge in [0.2, 0.25) is 0 Å². The number of thioether (sulfide) groups is 1. The van der Waals surface area contributed by atoms with E-state index >= 15 is 0 Å². The quantitative estimate of drug-likeness (QED) is 0.337. The van der Waals surface area contributed by atoms with Crippen LogP contribution in [0.25, 0.3) is 0 Å². The van der Waals surface area contributed by atoms with Crippen LogP contribution in [0.3, 0.4) is 0 Å². The van der Waals surface area contributed by atoms with E-state index in [2.05, 4.69) is 16.9 Å². The highest BCUT2D eigenvalue weighted by Gasteiger charge is 2.43. The minimum atomic E-state index is 0.373. The fraction of sp³-hybridized carbons (Fsp3) is 0.917. The lowest BCUT2D eigenvalue weighted by Gasteiger charge is -2.23. The molecule has 0 heterocycles. The topological polar surface area (TPSA) is 58.6 Å². The number of nitrogens with zero attached hydrogens (tertiary/aromatic N) is 1. The van der Waals surface area contributed by atoms with Crippen molar-refractivity contribution < 1.29 is 5.21 Å². The van der Waals surface area contributed by atoms with Gasteiger partial charge in [0.25, 0.3) is 0 Å². The zero-order valence-corrected chi connectivity index (χ0v) is 10.6. The Labute approximate surface area is 102 Å². The Bertz CT molecular complexity index is 258. The molecule has 0 aromatic carbocycles. The van der Waals surface area contributed by atoms with Crippen LogP contribution in [0.15, 0.2) is 5.16 Å². The second kappa shape index (κ2) is 5.30. The van der Waals surface area contributed by atoms with Gasteiger partial charge in [-0.2, -0.15) is 11.8 Å². The third-order valence-electron chi connectivity index (χ3n) is 3.82. The molecule has 0 aromatic heterocycles. The standard InChI is InChI=1S/C12H22N2OS/c13-11(14-15)8-12(6-7-12)9-16-10-4-2-1-3-5-10/h10,15H,1-9H2,(H2,13,14). The van der Waals surface area contributed by atoms with E-state index in [1.807, 2.05) is 0 Å². The van der Waals surface area contributed by atoms with E-state index < -0.39 is 0 Å². The smallest absolute Gasteiger partial charge is 0.139 e. The van der Waals surface area contributed by atoms with Gasteiger partial charge < -0.3 is 10.9 Å². The van der Waals surface area contributed by atoms with Crippen molar-refractivity contribution in [2.45, 2.75) is 56.6 Å². The highest BCUT2D eigenvalue weighted by atomic mass is 32.2. The number of oxime groups is 1. The summed E-state index contributed by atoms with van der Waals surface area (Å²) in [6.07, 6.45) is 10.3. The number of hydrogen-bond acceptors (Lipinski definition) is 3. The minimum Gasteiger partial charge on any atom is -0.409 e. The monoisotopic (exact) mass is 242 g/mol. The predicted molar refractivity (Wildman–Crippen MR) is 69.0 cm³/mol. The molecule has 2 saturated carbocycles. The fourth-order valence-corrected chi connectivity index (χ4v) is 4.14. The molecule has 2 aliphatic rings. The zero-order chi connectivity index (χ0) is 11.4. The summed E-state index contributed by atoms with van der Waals surface area (Å²) >= 11 is 2.13. The third-order valence-corrected chi connectivity index (χ3v) is 5.54. The van der Waals surface area contributed by atoms with Crippen molar-refractivity contribution in [3.05, 3.63) is 0 Å². The SMILES string of the molecule is NC(CC1(CSC2CCCCC2)CC1)=NO. The molecule has 0 saturated heterocycles. The van der Waals surface area contributed by atoms with Crippen LogP contribution in [-0.2, 0) is 0 Å². The summed E-state index contributed by atoms with van der Waals surface area (Å²) in [5.74, 6) is 1.61. The normalized spacial score (nSPS) is 25.6. The number of amidine groups is 1. The Morgan fingerprint density at radius 3 is 2.56 bits per heavy atom. The maximum atomic E-state index is 8.60. The predicted octanol–water partition coefficient (Wildman–Crippen LogP) is 2.97. The molecule has 4 heteroatoms. The summed E-state index contributed by atoms with van der Waals surface area (Å²) < 4.78 is 0. The van der Waals surface area contributed by atoms with Crippen LogP contribution in [0, 0.1) is 5.41 Å². The molecule has 0 aromatic rings. The van der Waals surface area contributed by atoms with Crippen molar-refractivity contribution in [2.75, 3.05) is 5.75 Å². The van der Waals surface area contributed by atoms with E-state index in [1.54, 1.807) is 0 Å². The molecule has 2 fully saturated rings. The molecule has 92 valence electrons. The van der Waals surface area contributed by atoms with E-state index in [0.717, 1.165) is 11.7 Å². The van der Waals surface area contributed by atoms with E-state index in [0.29, 0.717) is 11.3 Å². The van der Waals surface area contributed by atoms with Crippen LogP contribution in [0.4, 0.5) is 0 Å².